The largest absolute Gasteiger partial charge is 0.478 e. The summed E-state index contributed by atoms with van der Waals surface area (Å²) in [7, 11) is 0. The van der Waals surface area contributed by atoms with Gasteiger partial charge in [-0.05, 0) is 82.3 Å². The summed E-state index contributed by atoms with van der Waals surface area (Å²) >= 11 is 0. The predicted octanol–water partition coefficient (Wildman–Crippen LogP) is 10.2. The van der Waals surface area contributed by atoms with Crippen molar-refractivity contribution < 1.29 is 29.0 Å². The van der Waals surface area contributed by atoms with Gasteiger partial charge in [-0.1, -0.05) is 113 Å². The molecule has 0 spiro atoms. The molecule has 0 heterocycles. The van der Waals surface area contributed by atoms with E-state index in [9.17, 15) is 19.5 Å². The first-order valence-corrected chi connectivity index (χ1v) is 16.9. The highest BCUT2D eigenvalue weighted by Gasteiger charge is 2.29. The molecule has 0 saturated carbocycles. The second kappa shape index (κ2) is 26.4. The van der Waals surface area contributed by atoms with E-state index in [4.69, 9.17) is 9.47 Å². The molecule has 0 amide bonds. The number of carbonyl (C=O) groups excluding carboxylic acids is 2. The Morgan fingerprint density at radius 3 is 1.78 bits per heavy atom. The number of rotatable bonds is 25. The SMILES string of the molecule is CC/C=C\C/C=C\C/C=C\C/C=C\C/C=C\C/C=C\CCCOC(CC)C(=O)CC(CC(C)C)C(=O)Oc1ccccc1C(=O)O. The van der Waals surface area contributed by atoms with Gasteiger partial charge in [-0.3, -0.25) is 9.59 Å². The summed E-state index contributed by atoms with van der Waals surface area (Å²) < 4.78 is 11.4. The van der Waals surface area contributed by atoms with Gasteiger partial charge in [0, 0.05) is 13.0 Å². The minimum Gasteiger partial charge on any atom is -0.478 e. The average molecular weight is 633 g/mol. The highest BCUT2D eigenvalue weighted by molar-refractivity contribution is 5.93. The van der Waals surface area contributed by atoms with Gasteiger partial charge in [0.15, 0.2) is 5.78 Å². The molecule has 1 N–H and O–H groups in total. The number of aromatic carboxylic acids is 1. The van der Waals surface area contributed by atoms with Gasteiger partial charge < -0.3 is 14.6 Å². The Labute approximate surface area is 277 Å². The minimum atomic E-state index is -1.18. The molecule has 1 aromatic carbocycles. The van der Waals surface area contributed by atoms with Crippen LogP contribution in [-0.2, 0) is 14.3 Å². The third-order valence-electron chi connectivity index (χ3n) is 7.03. The van der Waals surface area contributed by atoms with Crippen molar-refractivity contribution in [3.8, 4) is 5.75 Å². The summed E-state index contributed by atoms with van der Waals surface area (Å²) in [5, 5.41) is 9.40. The van der Waals surface area contributed by atoms with Gasteiger partial charge in [0.2, 0.25) is 0 Å². The van der Waals surface area contributed by atoms with Crippen LogP contribution in [0.15, 0.2) is 97.2 Å². The molecule has 1 rings (SSSR count). The van der Waals surface area contributed by atoms with Crippen LogP contribution in [0.4, 0.5) is 0 Å². The van der Waals surface area contributed by atoms with Crippen LogP contribution in [-0.4, -0.2) is 35.5 Å². The number of Topliss-reactive ketones (excluding diaryl/α,β-unsaturated/α-hetero) is 1. The molecule has 252 valence electrons. The smallest absolute Gasteiger partial charge is 0.339 e. The lowest BCUT2D eigenvalue weighted by Crippen LogP contribution is -2.31. The predicted molar refractivity (Wildman–Crippen MR) is 189 cm³/mol. The number of para-hydroxylation sites is 1. The molecule has 6 heteroatoms. The summed E-state index contributed by atoms with van der Waals surface area (Å²) in [5.74, 6) is -2.44. The van der Waals surface area contributed by atoms with E-state index in [1.54, 1.807) is 12.1 Å². The molecule has 0 saturated heterocycles. The van der Waals surface area contributed by atoms with Gasteiger partial charge in [-0.15, -0.1) is 0 Å². The fourth-order valence-electron chi connectivity index (χ4n) is 4.64. The summed E-state index contributed by atoms with van der Waals surface area (Å²) in [6.07, 6.45) is 34.1. The fourth-order valence-corrected chi connectivity index (χ4v) is 4.64. The Hall–Kier alpha value is -3.77. The van der Waals surface area contributed by atoms with Crippen molar-refractivity contribution in [2.24, 2.45) is 11.8 Å². The van der Waals surface area contributed by atoms with Crippen LogP contribution in [0.3, 0.4) is 0 Å². The molecule has 2 atom stereocenters. The lowest BCUT2D eigenvalue weighted by atomic mass is 9.90. The number of allylic oxidation sites excluding steroid dienone is 12. The van der Waals surface area contributed by atoms with Crippen molar-refractivity contribution in [1.29, 1.82) is 0 Å². The van der Waals surface area contributed by atoms with E-state index < -0.39 is 24.0 Å². The van der Waals surface area contributed by atoms with E-state index in [1.807, 2.05) is 20.8 Å². The highest BCUT2D eigenvalue weighted by Crippen LogP contribution is 2.24. The molecule has 46 heavy (non-hydrogen) atoms. The zero-order chi connectivity index (χ0) is 33.8. The third kappa shape index (κ3) is 19.6. The maximum absolute atomic E-state index is 13.1. The number of carbonyl (C=O) groups is 3. The normalized spacial score (nSPS) is 13.8. The molecule has 0 aliphatic carbocycles. The van der Waals surface area contributed by atoms with E-state index in [0.717, 1.165) is 51.4 Å². The Morgan fingerprint density at radius 2 is 1.28 bits per heavy atom. The summed E-state index contributed by atoms with van der Waals surface area (Å²) in [6.45, 7) is 8.44. The summed E-state index contributed by atoms with van der Waals surface area (Å²) in [5.41, 5.74) is -0.0906. The van der Waals surface area contributed by atoms with E-state index in [0.29, 0.717) is 19.4 Å². The monoisotopic (exact) mass is 632 g/mol. The van der Waals surface area contributed by atoms with Crippen LogP contribution in [0.1, 0.15) is 109 Å². The van der Waals surface area contributed by atoms with Crippen molar-refractivity contribution in [1.82, 2.24) is 0 Å². The third-order valence-corrected chi connectivity index (χ3v) is 7.03. The zero-order valence-electron chi connectivity index (χ0n) is 28.4. The Bertz CT molecular complexity index is 1180. The number of ketones is 1. The lowest BCUT2D eigenvalue weighted by molar-refractivity contribution is -0.144. The van der Waals surface area contributed by atoms with Crippen molar-refractivity contribution in [2.75, 3.05) is 6.61 Å². The molecule has 0 fully saturated rings. The molecule has 2 unspecified atom stereocenters. The fraction of sp³-hybridized carbons (Fsp3) is 0.475. The van der Waals surface area contributed by atoms with E-state index >= 15 is 0 Å². The second-order valence-electron chi connectivity index (χ2n) is 11.5. The van der Waals surface area contributed by atoms with Gasteiger partial charge in [0.05, 0.1) is 5.92 Å². The molecule has 0 radical (unpaired) electrons. The molecule has 1 aromatic rings. The maximum Gasteiger partial charge on any atom is 0.339 e. The lowest BCUT2D eigenvalue weighted by Gasteiger charge is -2.21. The first-order valence-electron chi connectivity index (χ1n) is 16.9. The zero-order valence-corrected chi connectivity index (χ0v) is 28.4. The summed E-state index contributed by atoms with van der Waals surface area (Å²) in [6, 6.07) is 6.01. The van der Waals surface area contributed by atoms with E-state index in [1.165, 1.54) is 12.1 Å². The van der Waals surface area contributed by atoms with Gasteiger partial charge in [-0.2, -0.15) is 0 Å². The number of benzene rings is 1. The first kappa shape index (κ1) is 40.3. The van der Waals surface area contributed by atoms with Crippen molar-refractivity contribution in [3.05, 3.63) is 103 Å². The van der Waals surface area contributed by atoms with Gasteiger partial charge in [0.25, 0.3) is 0 Å². The molecule has 0 aromatic heterocycles. The number of carboxylic acids is 1. The summed E-state index contributed by atoms with van der Waals surface area (Å²) in [4.78, 5) is 37.6. The molecule has 0 aliphatic heterocycles. The van der Waals surface area contributed by atoms with Crippen molar-refractivity contribution in [3.63, 3.8) is 0 Å². The number of hydrogen-bond donors (Lipinski definition) is 1. The van der Waals surface area contributed by atoms with Crippen LogP contribution in [0.2, 0.25) is 0 Å². The first-order chi connectivity index (χ1) is 22.3. The highest BCUT2D eigenvalue weighted by atomic mass is 16.5. The standard InChI is InChI=1S/C40H56O6/c1-5-7-8-9-10-11-12-13-14-15-16-17-18-19-20-21-22-23-24-27-30-45-37(6-2)36(41)32-34(31-33(3)4)40(44)46-38-29-26-25-28-35(38)39(42)43/h7-8,10-11,13-14,16-17,19-20,22-23,25-26,28-29,33-34,37H,5-6,9,12,15,18,21,24,27,30-32H2,1-4H3,(H,42,43)/b8-7-,11-10-,14-13-,17-16-,20-19-,23-22-. The molecular weight excluding hydrogens is 576 g/mol. The van der Waals surface area contributed by atoms with Crippen molar-refractivity contribution >= 4 is 17.7 Å². The van der Waals surface area contributed by atoms with Crippen LogP contribution < -0.4 is 4.74 Å². The van der Waals surface area contributed by atoms with Crippen molar-refractivity contribution in [2.45, 2.75) is 104 Å². The van der Waals surface area contributed by atoms with E-state index in [2.05, 4.69) is 79.8 Å². The van der Waals surface area contributed by atoms with E-state index in [-0.39, 0.29) is 29.4 Å². The molecular formula is C40H56O6. The van der Waals surface area contributed by atoms with Gasteiger partial charge >= 0.3 is 11.9 Å². The van der Waals surface area contributed by atoms with Crippen LogP contribution in [0, 0.1) is 11.8 Å². The average Bonchev–Trinajstić information content (AvgIpc) is 3.03. The Kier molecular flexibility index (Phi) is 23.1. The topological polar surface area (TPSA) is 89.9 Å². The Morgan fingerprint density at radius 1 is 0.761 bits per heavy atom. The van der Waals surface area contributed by atoms with Crippen LogP contribution in [0.25, 0.3) is 0 Å². The number of ether oxygens (including phenoxy) is 2. The molecule has 0 bridgehead atoms. The maximum atomic E-state index is 13.1. The number of esters is 1. The van der Waals surface area contributed by atoms with Crippen LogP contribution >= 0.6 is 0 Å². The molecule has 6 nitrogen and oxygen atoms in total. The Balaban J connectivity index is 2.33. The number of unbranched alkanes of at least 4 members (excludes halogenated alkanes) is 1. The molecule has 0 aliphatic rings. The van der Waals surface area contributed by atoms with Gasteiger partial charge in [0.1, 0.15) is 17.4 Å². The second-order valence-corrected chi connectivity index (χ2v) is 11.5. The quantitative estimate of drug-likeness (QED) is 0.0499. The van der Waals surface area contributed by atoms with Crippen LogP contribution in [0.5, 0.6) is 5.75 Å². The minimum absolute atomic E-state index is 0.00207. The number of hydrogen-bond acceptors (Lipinski definition) is 5. The number of carboxylic acid groups (broad SMARTS) is 1. The van der Waals surface area contributed by atoms with Gasteiger partial charge in [-0.25, -0.2) is 4.79 Å².